The molecular weight excluding hydrogens is 399 g/mol. The highest BCUT2D eigenvalue weighted by Gasteiger charge is 2.36. The molecule has 3 aromatic rings. The van der Waals surface area contributed by atoms with Crippen LogP contribution in [-0.4, -0.2) is 49.5 Å². The molecule has 0 spiro atoms. The predicted molar refractivity (Wildman–Crippen MR) is 100 cm³/mol. The molecule has 1 amide bonds. The van der Waals surface area contributed by atoms with Crippen LogP contribution in [0.25, 0.3) is 5.82 Å². The van der Waals surface area contributed by atoms with Gasteiger partial charge in [0, 0.05) is 19.2 Å². The Morgan fingerprint density at radius 2 is 1.97 bits per heavy atom. The van der Waals surface area contributed by atoms with Crippen molar-refractivity contribution in [3.8, 4) is 11.6 Å². The first-order chi connectivity index (χ1) is 14.3. The minimum absolute atomic E-state index is 0.159. The maximum Gasteiger partial charge on any atom is 0.419 e. The Labute approximate surface area is 170 Å². The fraction of sp³-hybridized carbons (Fsp3) is 0.300. The van der Waals surface area contributed by atoms with Gasteiger partial charge >= 0.3 is 6.18 Å². The maximum absolute atomic E-state index is 13.1. The van der Waals surface area contributed by atoms with Crippen LogP contribution in [0.2, 0.25) is 0 Å². The molecule has 3 heterocycles. The fourth-order valence-corrected chi connectivity index (χ4v) is 3.27. The Hall–Kier alpha value is -3.43. The minimum Gasteiger partial charge on any atom is -0.488 e. The molecule has 1 saturated heterocycles. The van der Waals surface area contributed by atoms with Crippen LogP contribution in [0, 0.1) is 6.92 Å². The first kappa shape index (κ1) is 19.9. The summed E-state index contributed by atoms with van der Waals surface area (Å²) in [5.41, 5.74) is 0.157. The first-order valence-electron chi connectivity index (χ1n) is 9.26. The standard InChI is InChI=1S/C20H18F3N5O2/c1-13-10-28(12-26-13)18-9-24-16(8-25-18)19(29)27-7-6-14(11-27)30-17-5-3-2-4-15(17)20(21,22)23/h2-5,8-10,12,14H,6-7,11H2,1H3/t14-/m0/s1. The van der Waals surface area contributed by atoms with Gasteiger partial charge in [-0.2, -0.15) is 13.2 Å². The van der Waals surface area contributed by atoms with Gasteiger partial charge in [-0.25, -0.2) is 15.0 Å². The van der Waals surface area contributed by atoms with E-state index in [1.54, 1.807) is 17.1 Å². The van der Waals surface area contributed by atoms with E-state index in [4.69, 9.17) is 4.74 Å². The van der Waals surface area contributed by atoms with E-state index < -0.39 is 17.8 Å². The quantitative estimate of drug-likeness (QED) is 0.652. The van der Waals surface area contributed by atoms with E-state index in [1.807, 2.05) is 6.92 Å². The summed E-state index contributed by atoms with van der Waals surface area (Å²) in [4.78, 5) is 26.7. The molecule has 10 heteroatoms. The summed E-state index contributed by atoms with van der Waals surface area (Å²) in [6.07, 6.45) is 1.62. The summed E-state index contributed by atoms with van der Waals surface area (Å²) in [6, 6.07) is 5.07. The molecular formula is C20H18F3N5O2. The van der Waals surface area contributed by atoms with Crippen molar-refractivity contribution in [3.63, 3.8) is 0 Å². The van der Waals surface area contributed by atoms with Gasteiger partial charge < -0.3 is 9.64 Å². The van der Waals surface area contributed by atoms with Crippen LogP contribution in [-0.2, 0) is 6.18 Å². The topological polar surface area (TPSA) is 73.1 Å². The molecule has 156 valence electrons. The van der Waals surface area contributed by atoms with Gasteiger partial charge in [-0.3, -0.25) is 9.36 Å². The van der Waals surface area contributed by atoms with Crippen LogP contribution >= 0.6 is 0 Å². The smallest absolute Gasteiger partial charge is 0.419 e. The van der Waals surface area contributed by atoms with Crippen molar-refractivity contribution in [2.24, 2.45) is 0 Å². The second kappa shape index (κ2) is 7.77. The van der Waals surface area contributed by atoms with Crippen molar-refractivity contribution in [2.45, 2.75) is 25.6 Å². The number of carbonyl (C=O) groups excluding carboxylic acids is 1. The van der Waals surface area contributed by atoms with Gasteiger partial charge in [-0.05, 0) is 19.1 Å². The lowest BCUT2D eigenvalue weighted by atomic mass is 10.2. The Balaban J connectivity index is 1.42. The molecule has 0 unspecified atom stereocenters. The number of benzene rings is 1. The van der Waals surface area contributed by atoms with Gasteiger partial charge in [0.1, 0.15) is 23.9 Å². The highest BCUT2D eigenvalue weighted by molar-refractivity contribution is 5.92. The van der Waals surface area contributed by atoms with E-state index in [0.717, 1.165) is 11.8 Å². The van der Waals surface area contributed by atoms with Crippen molar-refractivity contribution >= 4 is 5.91 Å². The number of halogens is 3. The van der Waals surface area contributed by atoms with Crippen LogP contribution in [0.5, 0.6) is 5.75 Å². The molecule has 2 aromatic heterocycles. The molecule has 0 saturated carbocycles. The first-order valence-corrected chi connectivity index (χ1v) is 9.26. The lowest BCUT2D eigenvalue weighted by Crippen LogP contribution is -2.31. The predicted octanol–water partition coefficient (Wildman–Crippen LogP) is 3.28. The molecule has 1 aliphatic heterocycles. The molecule has 0 bridgehead atoms. The van der Waals surface area contributed by atoms with Crippen molar-refractivity contribution in [1.29, 1.82) is 0 Å². The van der Waals surface area contributed by atoms with Crippen LogP contribution in [0.15, 0.2) is 49.2 Å². The molecule has 0 N–H and O–H groups in total. The number of imidazole rings is 1. The van der Waals surface area contributed by atoms with Crippen molar-refractivity contribution in [2.75, 3.05) is 13.1 Å². The fourth-order valence-electron chi connectivity index (χ4n) is 3.27. The Morgan fingerprint density at radius 3 is 2.63 bits per heavy atom. The lowest BCUT2D eigenvalue weighted by Gasteiger charge is -2.19. The van der Waals surface area contributed by atoms with E-state index >= 15 is 0 Å². The van der Waals surface area contributed by atoms with Crippen LogP contribution in [0.1, 0.15) is 28.2 Å². The molecule has 4 rings (SSSR count). The highest BCUT2D eigenvalue weighted by atomic mass is 19.4. The van der Waals surface area contributed by atoms with Gasteiger partial charge in [-0.15, -0.1) is 0 Å². The number of carbonyl (C=O) groups is 1. The summed E-state index contributed by atoms with van der Waals surface area (Å²) in [7, 11) is 0. The minimum atomic E-state index is -4.50. The molecule has 1 aliphatic rings. The van der Waals surface area contributed by atoms with E-state index in [1.165, 1.54) is 35.5 Å². The normalized spacial score (nSPS) is 16.7. The Kier molecular flexibility index (Phi) is 5.15. The average Bonchev–Trinajstić information content (AvgIpc) is 3.36. The Bertz CT molecular complexity index is 1050. The number of hydrogen-bond acceptors (Lipinski definition) is 5. The zero-order chi connectivity index (χ0) is 21.3. The number of aromatic nitrogens is 4. The van der Waals surface area contributed by atoms with Gasteiger partial charge in [0.15, 0.2) is 5.82 Å². The van der Waals surface area contributed by atoms with Gasteiger partial charge in [-0.1, -0.05) is 12.1 Å². The second-order valence-electron chi connectivity index (χ2n) is 6.96. The third kappa shape index (κ3) is 4.12. The highest BCUT2D eigenvalue weighted by Crippen LogP contribution is 2.36. The van der Waals surface area contributed by atoms with Crippen LogP contribution < -0.4 is 4.74 Å². The third-order valence-corrected chi connectivity index (χ3v) is 4.75. The number of amides is 1. The molecule has 30 heavy (non-hydrogen) atoms. The summed E-state index contributed by atoms with van der Waals surface area (Å²) in [5.74, 6) is -0.0475. The number of rotatable bonds is 4. The SMILES string of the molecule is Cc1cn(-c2cnc(C(=O)N3CC[C@H](Oc4ccccc4C(F)(F)F)C3)cn2)cn1. The summed E-state index contributed by atoms with van der Waals surface area (Å²) < 4.78 is 46.7. The largest absolute Gasteiger partial charge is 0.488 e. The van der Waals surface area contributed by atoms with E-state index in [2.05, 4.69) is 15.0 Å². The number of nitrogens with zero attached hydrogens (tertiary/aromatic N) is 5. The monoisotopic (exact) mass is 417 g/mol. The van der Waals surface area contributed by atoms with Crippen molar-refractivity contribution in [1.82, 2.24) is 24.4 Å². The molecule has 1 fully saturated rings. The van der Waals surface area contributed by atoms with Crippen LogP contribution in [0.3, 0.4) is 0 Å². The lowest BCUT2D eigenvalue weighted by molar-refractivity contribution is -0.139. The average molecular weight is 417 g/mol. The number of para-hydroxylation sites is 1. The number of alkyl halides is 3. The maximum atomic E-state index is 13.1. The van der Waals surface area contributed by atoms with Gasteiger partial charge in [0.05, 0.1) is 30.2 Å². The third-order valence-electron chi connectivity index (χ3n) is 4.75. The zero-order valence-electron chi connectivity index (χ0n) is 16.0. The molecule has 1 aromatic carbocycles. The molecule has 7 nitrogen and oxygen atoms in total. The van der Waals surface area contributed by atoms with E-state index in [9.17, 15) is 18.0 Å². The summed E-state index contributed by atoms with van der Waals surface area (Å²) >= 11 is 0. The molecule has 0 aliphatic carbocycles. The van der Waals surface area contributed by atoms with Crippen molar-refractivity contribution < 1.29 is 22.7 Å². The van der Waals surface area contributed by atoms with Gasteiger partial charge in [0.2, 0.25) is 0 Å². The summed E-state index contributed by atoms with van der Waals surface area (Å²) in [5, 5.41) is 0. The van der Waals surface area contributed by atoms with E-state index in [-0.39, 0.29) is 23.9 Å². The molecule has 0 radical (unpaired) electrons. The number of ether oxygens (including phenoxy) is 1. The number of likely N-dealkylation sites (tertiary alicyclic amines) is 1. The number of hydrogen-bond donors (Lipinski definition) is 0. The van der Waals surface area contributed by atoms with Gasteiger partial charge in [0.25, 0.3) is 5.91 Å². The number of aryl methyl sites for hydroxylation is 1. The zero-order valence-corrected chi connectivity index (χ0v) is 16.0. The van der Waals surface area contributed by atoms with Crippen molar-refractivity contribution in [3.05, 3.63) is 66.1 Å². The van der Waals surface area contributed by atoms with E-state index in [0.29, 0.717) is 18.8 Å². The molecule has 1 atom stereocenters. The second-order valence-corrected chi connectivity index (χ2v) is 6.96. The Morgan fingerprint density at radius 1 is 1.17 bits per heavy atom. The van der Waals surface area contributed by atoms with Crippen LogP contribution in [0.4, 0.5) is 13.2 Å². The summed E-state index contributed by atoms with van der Waals surface area (Å²) in [6.45, 7) is 2.39.